The highest BCUT2D eigenvalue weighted by atomic mass is 79.9. The van der Waals surface area contributed by atoms with Gasteiger partial charge in [-0.3, -0.25) is 4.79 Å². The van der Waals surface area contributed by atoms with E-state index in [2.05, 4.69) is 21.2 Å². The Bertz CT molecular complexity index is 656. The van der Waals surface area contributed by atoms with E-state index in [1.165, 1.54) is 18.2 Å². The second-order valence-electron chi connectivity index (χ2n) is 4.48. The molecule has 0 aromatic heterocycles. The summed E-state index contributed by atoms with van der Waals surface area (Å²) in [6, 6.07) is 13.4. The average Bonchev–Trinajstić information content (AvgIpc) is 2.51. The van der Waals surface area contributed by atoms with E-state index in [1.807, 2.05) is 24.3 Å². The number of nitrogens with one attached hydrogen (secondary N) is 1. The number of hydrogen-bond donors (Lipinski definition) is 1. The lowest BCUT2D eigenvalue weighted by Gasteiger charge is -2.06. The summed E-state index contributed by atoms with van der Waals surface area (Å²) in [5.74, 6) is 0.221. The van der Waals surface area contributed by atoms with Gasteiger partial charge in [0.1, 0.15) is 18.2 Å². The third-order valence-corrected chi connectivity index (χ3v) is 3.26. The molecule has 0 aliphatic heterocycles. The molecule has 3 nitrogen and oxygen atoms in total. The van der Waals surface area contributed by atoms with E-state index >= 15 is 0 Å². The summed E-state index contributed by atoms with van der Waals surface area (Å²) in [6.45, 7) is 0.783. The molecular formula is C17H15BrFNO2. The molecule has 0 unspecified atom stereocenters. The molecule has 0 atom stereocenters. The van der Waals surface area contributed by atoms with Gasteiger partial charge in [-0.2, -0.15) is 0 Å². The van der Waals surface area contributed by atoms with Crippen molar-refractivity contribution in [2.24, 2.45) is 0 Å². The molecule has 0 spiro atoms. The number of rotatable bonds is 6. The summed E-state index contributed by atoms with van der Waals surface area (Å²) < 4.78 is 19.2. The minimum atomic E-state index is -0.300. The summed E-state index contributed by atoms with van der Waals surface area (Å²) in [5, 5.41) is 2.71. The number of amides is 1. The van der Waals surface area contributed by atoms with Gasteiger partial charge in [-0.15, -0.1) is 0 Å². The first-order valence-electron chi connectivity index (χ1n) is 6.73. The summed E-state index contributed by atoms with van der Waals surface area (Å²) in [6.07, 6.45) is 3.04. The summed E-state index contributed by atoms with van der Waals surface area (Å²) in [7, 11) is 0. The van der Waals surface area contributed by atoms with Crippen molar-refractivity contribution >= 4 is 27.9 Å². The predicted molar refractivity (Wildman–Crippen MR) is 88.1 cm³/mol. The molecule has 0 bridgehead atoms. The summed E-state index contributed by atoms with van der Waals surface area (Å²) >= 11 is 3.36. The smallest absolute Gasteiger partial charge is 0.244 e. The van der Waals surface area contributed by atoms with Crippen LogP contribution < -0.4 is 10.1 Å². The minimum Gasteiger partial charge on any atom is -0.492 e. The van der Waals surface area contributed by atoms with Crippen molar-refractivity contribution < 1.29 is 13.9 Å². The summed E-state index contributed by atoms with van der Waals surface area (Å²) in [4.78, 5) is 11.6. The second-order valence-corrected chi connectivity index (χ2v) is 5.40. The second kappa shape index (κ2) is 8.34. The van der Waals surface area contributed by atoms with Crippen molar-refractivity contribution in [2.45, 2.75) is 0 Å². The quantitative estimate of drug-likeness (QED) is 0.626. The molecule has 0 saturated heterocycles. The molecule has 0 saturated carbocycles. The van der Waals surface area contributed by atoms with Crippen LogP contribution >= 0.6 is 15.9 Å². The minimum absolute atomic E-state index is 0.220. The van der Waals surface area contributed by atoms with Gasteiger partial charge in [-0.1, -0.05) is 34.1 Å². The molecule has 0 aliphatic rings. The molecule has 2 aromatic carbocycles. The van der Waals surface area contributed by atoms with E-state index in [0.29, 0.717) is 13.2 Å². The molecule has 114 valence electrons. The molecule has 22 heavy (non-hydrogen) atoms. The Kier molecular flexibility index (Phi) is 6.15. The van der Waals surface area contributed by atoms with Crippen LogP contribution in [0.1, 0.15) is 5.56 Å². The van der Waals surface area contributed by atoms with Crippen LogP contribution in [0.3, 0.4) is 0 Å². The standard InChI is InChI=1S/C17H15BrFNO2/c18-14-2-1-3-16(12-14)22-11-10-20-17(21)9-6-13-4-7-15(19)8-5-13/h1-9,12H,10-11H2,(H,20,21). The fraction of sp³-hybridized carbons (Fsp3) is 0.118. The molecule has 0 heterocycles. The topological polar surface area (TPSA) is 38.3 Å². The number of carbonyl (C=O) groups excluding carboxylic acids is 1. The van der Waals surface area contributed by atoms with Crippen LogP contribution in [0.25, 0.3) is 6.08 Å². The monoisotopic (exact) mass is 363 g/mol. The molecular weight excluding hydrogens is 349 g/mol. The average molecular weight is 364 g/mol. The Balaban J connectivity index is 1.70. The van der Waals surface area contributed by atoms with Gasteiger partial charge >= 0.3 is 0 Å². The van der Waals surface area contributed by atoms with Gasteiger partial charge in [0.15, 0.2) is 0 Å². The highest BCUT2D eigenvalue weighted by Crippen LogP contribution is 2.17. The Morgan fingerprint density at radius 1 is 1.23 bits per heavy atom. The van der Waals surface area contributed by atoms with Gasteiger partial charge in [0.05, 0.1) is 6.54 Å². The Hall–Kier alpha value is -2.14. The van der Waals surface area contributed by atoms with E-state index in [0.717, 1.165) is 15.8 Å². The Labute approximate surface area is 136 Å². The molecule has 2 aromatic rings. The van der Waals surface area contributed by atoms with Crippen molar-refractivity contribution in [3.8, 4) is 5.75 Å². The molecule has 2 rings (SSSR count). The van der Waals surface area contributed by atoms with Crippen molar-refractivity contribution in [3.05, 3.63) is 70.5 Å². The molecule has 0 radical (unpaired) electrons. The van der Waals surface area contributed by atoms with Crippen LogP contribution in [0.5, 0.6) is 5.75 Å². The van der Waals surface area contributed by atoms with Crippen molar-refractivity contribution in [2.75, 3.05) is 13.2 Å². The zero-order valence-corrected chi connectivity index (χ0v) is 13.3. The van der Waals surface area contributed by atoms with Crippen LogP contribution in [-0.2, 0) is 4.79 Å². The van der Waals surface area contributed by atoms with E-state index < -0.39 is 0 Å². The van der Waals surface area contributed by atoms with E-state index in [4.69, 9.17) is 4.74 Å². The van der Waals surface area contributed by atoms with E-state index in [1.54, 1.807) is 18.2 Å². The van der Waals surface area contributed by atoms with Gasteiger partial charge in [-0.05, 0) is 42.0 Å². The SMILES string of the molecule is O=C(C=Cc1ccc(F)cc1)NCCOc1cccc(Br)c1. The summed E-state index contributed by atoms with van der Waals surface area (Å²) in [5.41, 5.74) is 0.766. The first-order chi connectivity index (χ1) is 10.6. The highest BCUT2D eigenvalue weighted by molar-refractivity contribution is 9.10. The first kappa shape index (κ1) is 16.2. The largest absolute Gasteiger partial charge is 0.492 e. The van der Waals surface area contributed by atoms with Crippen molar-refractivity contribution in [1.29, 1.82) is 0 Å². The first-order valence-corrected chi connectivity index (χ1v) is 7.52. The fourth-order valence-corrected chi connectivity index (χ4v) is 2.08. The molecule has 1 amide bonds. The van der Waals surface area contributed by atoms with Crippen LogP contribution in [0.2, 0.25) is 0 Å². The van der Waals surface area contributed by atoms with Crippen LogP contribution in [0.4, 0.5) is 4.39 Å². The molecule has 0 fully saturated rings. The van der Waals surface area contributed by atoms with Gasteiger partial charge in [0, 0.05) is 10.5 Å². The third-order valence-electron chi connectivity index (χ3n) is 2.76. The number of carbonyl (C=O) groups is 1. The molecule has 1 N–H and O–H groups in total. The zero-order valence-electron chi connectivity index (χ0n) is 11.8. The van der Waals surface area contributed by atoms with Crippen LogP contribution in [0.15, 0.2) is 59.1 Å². The lowest BCUT2D eigenvalue weighted by atomic mass is 10.2. The van der Waals surface area contributed by atoms with Gasteiger partial charge in [-0.25, -0.2) is 4.39 Å². The lowest BCUT2D eigenvalue weighted by molar-refractivity contribution is -0.116. The molecule has 5 heteroatoms. The fourth-order valence-electron chi connectivity index (χ4n) is 1.70. The van der Waals surface area contributed by atoms with Crippen molar-refractivity contribution in [1.82, 2.24) is 5.32 Å². The van der Waals surface area contributed by atoms with E-state index in [9.17, 15) is 9.18 Å². The van der Waals surface area contributed by atoms with E-state index in [-0.39, 0.29) is 11.7 Å². The highest BCUT2D eigenvalue weighted by Gasteiger charge is 1.97. The van der Waals surface area contributed by atoms with Crippen LogP contribution in [-0.4, -0.2) is 19.1 Å². The van der Waals surface area contributed by atoms with Crippen LogP contribution in [0, 0.1) is 5.82 Å². The van der Waals surface area contributed by atoms with Gasteiger partial charge in [0.2, 0.25) is 5.91 Å². The normalized spacial score (nSPS) is 10.6. The maximum absolute atomic E-state index is 12.7. The number of hydrogen-bond acceptors (Lipinski definition) is 2. The maximum atomic E-state index is 12.7. The maximum Gasteiger partial charge on any atom is 0.244 e. The zero-order chi connectivity index (χ0) is 15.8. The number of halogens is 2. The van der Waals surface area contributed by atoms with Crippen molar-refractivity contribution in [3.63, 3.8) is 0 Å². The Morgan fingerprint density at radius 2 is 2.00 bits per heavy atom. The molecule has 0 aliphatic carbocycles. The predicted octanol–water partition coefficient (Wildman–Crippen LogP) is 3.80. The third kappa shape index (κ3) is 5.69. The van der Waals surface area contributed by atoms with Gasteiger partial charge < -0.3 is 10.1 Å². The number of benzene rings is 2. The Morgan fingerprint density at radius 3 is 2.73 bits per heavy atom. The lowest BCUT2D eigenvalue weighted by Crippen LogP contribution is -2.26. The van der Waals surface area contributed by atoms with Gasteiger partial charge in [0.25, 0.3) is 0 Å². The number of ether oxygens (including phenoxy) is 1.